The molecular formula is C11H16N2O2S2. The van der Waals surface area contributed by atoms with Crippen LogP contribution in [0.3, 0.4) is 0 Å². The Morgan fingerprint density at radius 1 is 1.47 bits per heavy atom. The number of hydrogen-bond donors (Lipinski definition) is 0. The predicted octanol–water partition coefficient (Wildman–Crippen LogP) is 2.09. The highest BCUT2D eigenvalue weighted by Gasteiger charge is 2.20. The molecule has 4 nitrogen and oxygen atoms in total. The van der Waals surface area contributed by atoms with E-state index in [0.717, 1.165) is 17.0 Å². The van der Waals surface area contributed by atoms with Crippen LogP contribution >= 0.6 is 11.3 Å². The van der Waals surface area contributed by atoms with Gasteiger partial charge in [0.15, 0.2) is 9.84 Å². The van der Waals surface area contributed by atoms with Gasteiger partial charge >= 0.3 is 0 Å². The molecular weight excluding hydrogens is 256 g/mol. The molecule has 1 rings (SSSR count). The van der Waals surface area contributed by atoms with Gasteiger partial charge in [-0.05, 0) is 20.3 Å². The standard InChI is InChI=1S/C11H16N2O2S2/c1-4-9-10(5-6-12)16-11(13-9)7-17(14,15)8(2)3/h8H,4-5,7H2,1-3H3. The third kappa shape index (κ3) is 3.51. The first-order valence-corrected chi connectivity index (χ1v) is 7.99. The van der Waals surface area contributed by atoms with Gasteiger partial charge < -0.3 is 0 Å². The lowest BCUT2D eigenvalue weighted by Crippen LogP contribution is -2.15. The number of sulfone groups is 1. The van der Waals surface area contributed by atoms with Crippen molar-refractivity contribution in [1.29, 1.82) is 5.26 Å². The molecule has 0 radical (unpaired) electrons. The highest BCUT2D eigenvalue weighted by Crippen LogP contribution is 2.22. The summed E-state index contributed by atoms with van der Waals surface area (Å²) < 4.78 is 23.5. The van der Waals surface area contributed by atoms with Gasteiger partial charge in [-0.2, -0.15) is 5.26 Å². The molecule has 0 saturated heterocycles. The Hall–Kier alpha value is -0.930. The summed E-state index contributed by atoms with van der Waals surface area (Å²) in [6.07, 6.45) is 1.04. The normalized spacial score (nSPS) is 11.7. The van der Waals surface area contributed by atoms with Gasteiger partial charge in [0.25, 0.3) is 0 Å². The minimum atomic E-state index is -3.11. The van der Waals surface area contributed by atoms with E-state index in [-0.39, 0.29) is 5.75 Å². The Labute approximate surface area is 106 Å². The van der Waals surface area contributed by atoms with E-state index >= 15 is 0 Å². The van der Waals surface area contributed by atoms with Gasteiger partial charge in [0.1, 0.15) is 10.8 Å². The maximum atomic E-state index is 11.8. The second kappa shape index (κ2) is 5.61. The van der Waals surface area contributed by atoms with Gasteiger partial charge in [0.05, 0.1) is 23.4 Å². The van der Waals surface area contributed by atoms with Crippen molar-refractivity contribution in [2.45, 2.75) is 44.6 Å². The van der Waals surface area contributed by atoms with E-state index in [1.54, 1.807) is 13.8 Å². The topological polar surface area (TPSA) is 70.8 Å². The smallest absolute Gasteiger partial charge is 0.159 e. The van der Waals surface area contributed by atoms with Crippen molar-refractivity contribution in [2.24, 2.45) is 0 Å². The lowest BCUT2D eigenvalue weighted by Gasteiger charge is -2.04. The van der Waals surface area contributed by atoms with Gasteiger partial charge in [-0.15, -0.1) is 11.3 Å². The molecule has 6 heteroatoms. The van der Waals surface area contributed by atoms with E-state index in [2.05, 4.69) is 11.1 Å². The van der Waals surface area contributed by atoms with Crippen LogP contribution in [0.1, 0.15) is 36.3 Å². The number of hydrogen-bond acceptors (Lipinski definition) is 5. The van der Waals surface area contributed by atoms with Crippen LogP contribution in [0.5, 0.6) is 0 Å². The number of nitriles is 1. The van der Waals surface area contributed by atoms with Crippen LogP contribution in [0.15, 0.2) is 0 Å². The minimum absolute atomic E-state index is 0.0201. The quantitative estimate of drug-likeness (QED) is 0.823. The molecule has 0 amide bonds. The third-order valence-electron chi connectivity index (χ3n) is 2.44. The van der Waals surface area contributed by atoms with E-state index < -0.39 is 15.1 Å². The van der Waals surface area contributed by atoms with Gasteiger partial charge in [-0.3, -0.25) is 0 Å². The fourth-order valence-electron chi connectivity index (χ4n) is 1.32. The number of nitrogens with zero attached hydrogens (tertiary/aromatic N) is 2. The fraction of sp³-hybridized carbons (Fsp3) is 0.636. The van der Waals surface area contributed by atoms with Crippen LogP contribution in [0, 0.1) is 11.3 Å². The first-order chi connectivity index (χ1) is 7.90. The molecule has 94 valence electrons. The zero-order valence-electron chi connectivity index (χ0n) is 10.2. The highest BCUT2D eigenvalue weighted by atomic mass is 32.2. The summed E-state index contributed by atoms with van der Waals surface area (Å²) in [4.78, 5) is 5.20. The number of aromatic nitrogens is 1. The maximum absolute atomic E-state index is 11.8. The molecule has 0 aliphatic rings. The second-order valence-corrected chi connectivity index (χ2v) is 7.75. The molecule has 17 heavy (non-hydrogen) atoms. The molecule has 0 saturated carbocycles. The van der Waals surface area contributed by atoms with Crippen LogP contribution in [-0.4, -0.2) is 18.7 Å². The van der Waals surface area contributed by atoms with E-state index in [0.29, 0.717) is 11.4 Å². The third-order valence-corrected chi connectivity index (χ3v) is 5.83. The summed E-state index contributed by atoms with van der Waals surface area (Å²) in [5.41, 5.74) is 0.852. The van der Waals surface area contributed by atoms with Crippen LogP contribution in [-0.2, 0) is 28.4 Å². The highest BCUT2D eigenvalue weighted by molar-refractivity contribution is 7.91. The zero-order valence-corrected chi connectivity index (χ0v) is 11.9. The molecule has 1 aromatic heterocycles. The van der Waals surface area contributed by atoms with E-state index in [4.69, 9.17) is 5.26 Å². The average molecular weight is 272 g/mol. The van der Waals surface area contributed by atoms with Crippen molar-refractivity contribution in [3.05, 3.63) is 15.6 Å². The first kappa shape index (κ1) is 14.1. The number of aryl methyl sites for hydroxylation is 1. The molecule has 0 aromatic carbocycles. The van der Waals surface area contributed by atoms with E-state index in [9.17, 15) is 8.42 Å². The Kier molecular flexibility index (Phi) is 4.66. The Balaban J connectivity index is 2.98. The van der Waals surface area contributed by atoms with Gasteiger partial charge in [-0.1, -0.05) is 6.92 Å². The molecule has 0 aliphatic heterocycles. The van der Waals surface area contributed by atoms with Crippen molar-refractivity contribution in [3.63, 3.8) is 0 Å². The van der Waals surface area contributed by atoms with Crippen LogP contribution < -0.4 is 0 Å². The molecule has 0 unspecified atom stereocenters. The van der Waals surface area contributed by atoms with Crippen molar-refractivity contribution in [1.82, 2.24) is 4.98 Å². The molecule has 0 fully saturated rings. The van der Waals surface area contributed by atoms with Gasteiger partial charge in [0.2, 0.25) is 0 Å². The minimum Gasteiger partial charge on any atom is -0.245 e. The van der Waals surface area contributed by atoms with Crippen LogP contribution in [0.25, 0.3) is 0 Å². The summed E-state index contributed by atoms with van der Waals surface area (Å²) >= 11 is 1.34. The maximum Gasteiger partial charge on any atom is 0.159 e. The van der Waals surface area contributed by atoms with Crippen molar-refractivity contribution >= 4 is 21.2 Å². The summed E-state index contributed by atoms with van der Waals surface area (Å²) in [5, 5.41) is 8.89. The first-order valence-electron chi connectivity index (χ1n) is 5.46. The lowest BCUT2D eigenvalue weighted by molar-refractivity contribution is 0.586. The Bertz CT molecular complexity index is 524. The predicted molar refractivity (Wildman–Crippen MR) is 68.6 cm³/mol. The molecule has 1 aromatic rings. The zero-order chi connectivity index (χ0) is 13.1. The second-order valence-electron chi connectivity index (χ2n) is 4.02. The van der Waals surface area contributed by atoms with Gasteiger partial charge in [0, 0.05) is 4.88 Å². The summed E-state index contributed by atoms with van der Waals surface area (Å²) in [5.74, 6) is -0.0201. The molecule has 0 N–H and O–H groups in total. The summed E-state index contributed by atoms with van der Waals surface area (Å²) in [6.45, 7) is 5.29. The van der Waals surface area contributed by atoms with E-state index in [1.165, 1.54) is 11.3 Å². The monoisotopic (exact) mass is 272 g/mol. The fourth-order valence-corrected chi connectivity index (χ4v) is 3.68. The molecule has 0 aliphatic carbocycles. The number of thiazole rings is 1. The number of rotatable bonds is 5. The van der Waals surface area contributed by atoms with Gasteiger partial charge in [-0.25, -0.2) is 13.4 Å². The average Bonchev–Trinajstić information content (AvgIpc) is 2.60. The molecule has 0 bridgehead atoms. The SMILES string of the molecule is CCc1nc(CS(=O)(=O)C(C)C)sc1CC#N. The van der Waals surface area contributed by atoms with Crippen molar-refractivity contribution < 1.29 is 8.42 Å². The van der Waals surface area contributed by atoms with Crippen LogP contribution in [0.4, 0.5) is 0 Å². The lowest BCUT2D eigenvalue weighted by atomic mass is 10.2. The summed E-state index contributed by atoms with van der Waals surface area (Å²) in [7, 11) is -3.11. The molecule has 1 heterocycles. The molecule has 0 spiro atoms. The Morgan fingerprint density at radius 2 is 2.12 bits per heavy atom. The van der Waals surface area contributed by atoms with Crippen molar-refractivity contribution in [2.75, 3.05) is 0 Å². The molecule has 0 atom stereocenters. The largest absolute Gasteiger partial charge is 0.245 e. The van der Waals surface area contributed by atoms with E-state index in [1.807, 2.05) is 6.92 Å². The summed E-state index contributed by atoms with van der Waals surface area (Å²) in [6, 6.07) is 2.08. The van der Waals surface area contributed by atoms with Crippen molar-refractivity contribution in [3.8, 4) is 6.07 Å². The van der Waals surface area contributed by atoms with Crippen LogP contribution in [0.2, 0.25) is 0 Å². The Morgan fingerprint density at radius 3 is 2.59 bits per heavy atom.